The van der Waals surface area contributed by atoms with Gasteiger partial charge in [-0.1, -0.05) is 18.2 Å². The number of hydrogen-bond donors (Lipinski definition) is 0. The Morgan fingerprint density at radius 3 is 2.72 bits per heavy atom. The number of hydrogen-bond acceptors (Lipinski definition) is 4. The summed E-state index contributed by atoms with van der Waals surface area (Å²) in [6.07, 6.45) is 1.57. The van der Waals surface area contributed by atoms with E-state index in [2.05, 4.69) is 9.55 Å². The molecule has 3 aromatic rings. The van der Waals surface area contributed by atoms with Gasteiger partial charge in [0.1, 0.15) is 5.82 Å². The minimum Gasteiger partial charge on any atom is -0.466 e. The third kappa shape index (κ3) is 3.75. The van der Waals surface area contributed by atoms with Gasteiger partial charge in [-0.2, -0.15) is 0 Å². The van der Waals surface area contributed by atoms with Crippen LogP contribution in [0.5, 0.6) is 0 Å². The monoisotopic (exact) mass is 391 g/mol. The summed E-state index contributed by atoms with van der Waals surface area (Å²) in [4.78, 5) is 31.6. The minimum absolute atomic E-state index is 0.0622. The molecule has 0 radical (unpaired) electrons. The Hall–Kier alpha value is -3.15. The molecule has 0 spiro atoms. The first kappa shape index (κ1) is 19.2. The van der Waals surface area contributed by atoms with E-state index in [4.69, 9.17) is 4.74 Å². The van der Waals surface area contributed by atoms with Gasteiger partial charge in [-0.15, -0.1) is 0 Å². The van der Waals surface area contributed by atoms with Crippen LogP contribution in [-0.4, -0.2) is 46.0 Å². The minimum atomic E-state index is -0.240. The highest BCUT2D eigenvalue weighted by molar-refractivity contribution is 5.98. The molecule has 1 amide bonds. The smallest absolute Gasteiger partial charge is 0.310 e. The predicted octanol–water partition coefficient (Wildman–Crippen LogP) is 3.75. The van der Waals surface area contributed by atoms with Gasteiger partial charge >= 0.3 is 5.97 Å². The van der Waals surface area contributed by atoms with Crippen LogP contribution in [0, 0.1) is 12.8 Å². The van der Waals surface area contributed by atoms with Gasteiger partial charge in [0.2, 0.25) is 0 Å². The van der Waals surface area contributed by atoms with E-state index in [1.807, 2.05) is 55.5 Å². The summed E-state index contributed by atoms with van der Waals surface area (Å²) in [6.45, 7) is 5.19. The highest BCUT2D eigenvalue weighted by Crippen LogP contribution is 2.24. The van der Waals surface area contributed by atoms with Crippen LogP contribution in [0.2, 0.25) is 0 Å². The highest BCUT2D eigenvalue weighted by atomic mass is 16.5. The fourth-order valence-corrected chi connectivity index (χ4v) is 4.03. The van der Waals surface area contributed by atoms with E-state index < -0.39 is 0 Å². The Kier molecular flexibility index (Phi) is 5.34. The Morgan fingerprint density at radius 2 is 1.97 bits per heavy atom. The molecule has 1 atom stereocenters. The van der Waals surface area contributed by atoms with Gasteiger partial charge in [0.25, 0.3) is 5.91 Å². The Morgan fingerprint density at radius 1 is 1.17 bits per heavy atom. The van der Waals surface area contributed by atoms with Crippen molar-refractivity contribution in [1.82, 2.24) is 14.5 Å². The van der Waals surface area contributed by atoms with Crippen molar-refractivity contribution < 1.29 is 14.3 Å². The Balaban J connectivity index is 1.60. The zero-order valence-electron chi connectivity index (χ0n) is 16.8. The van der Waals surface area contributed by atoms with Gasteiger partial charge in [0, 0.05) is 24.3 Å². The summed E-state index contributed by atoms with van der Waals surface area (Å²) in [5.41, 5.74) is 3.39. The number of fused-ring (bicyclic) bond motifs is 1. The Labute approximate surface area is 170 Å². The number of aromatic nitrogens is 2. The molecule has 0 aliphatic carbocycles. The summed E-state index contributed by atoms with van der Waals surface area (Å²) in [6, 6.07) is 15.7. The summed E-state index contributed by atoms with van der Waals surface area (Å²) in [7, 11) is 0. The van der Waals surface area contributed by atoms with Gasteiger partial charge in [0.05, 0.1) is 23.6 Å². The lowest BCUT2D eigenvalue weighted by atomic mass is 9.97. The maximum Gasteiger partial charge on any atom is 0.310 e. The topological polar surface area (TPSA) is 64.4 Å². The van der Waals surface area contributed by atoms with E-state index in [1.54, 1.807) is 11.8 Å². The largest absolute Gasteiger partial charge is 0.466 e. The number of esters is 1. The quantitative estimate of drug-likeness (QED) is 0.636. The zero-order chi connectivity index (χ0) is 20.4. The van der Waals surface area contributed by atoms with Crippen molar-refractivity contribution in [1.29, 1.82) is 0 Å². The lowest BCUT2D eigenvalue weighted by molar-refractivity contribution is -0.149. The van der Waals surface area contributed by atoms with Crippen molar-refractivity contribution in [3.63, 3.8) is 0 Å². The molecule has 1 aromatic heterocycles. The van der Waals surface area contributed by atoms with Crippen LogP contribution >= 0.6 is 0 Å². The molecule has 1 aliphatic rings. The molecule has 1 aliphatic heterocycles. The van der Waals surface area contributed by atoms with Gasteiger partial charge < -0.3 is 9.64 Å². The molecule has 150 valence electrons. The first-order chi connectivity index (χ1) is 14.1. The number of carbonyl (C=O) groups excluding carboxylic acids is 2. The van der Waals surface area contributed by atoms with Crippen LogP contribution in [-0.2, 0) is 9.53 Å². The van der Waals surface area contributed by atoms with Crippen molar-refractivity contribution in [2.45, 2.75) is 26.7 Å². The third-order valence-corrected chi connectivity index (χ3v) is 5.41. The Bertz CT molecular complexity index is 1040. The number of carbonyl (C=O) groups is 2. The summed E-state index contributed by atoms with van der Waals surface area (Å²) in [5, 5.41) is 0. The zero-order valence-corrected chi connectivity index (χ0v) is 16.8. The summed E-state index contributed by atoms with van der Waals surface area (Å²) in [5.74, 6) is 0.359. The first-order valence-corrected chi connectivity index (χ1v) is 10.1. The van der Waals surface area contributed by atoms with E-state index in [-0.39, 0.29) is 17.8 Å². The van der Waals surface area contributed by atoms with Crippen LogP contribution in [0.15, 0.2) is 48.5 Å². The number of nitrogens with zero attached hydrogens (tertiary/aromatic N) is 3. The van der Waals surface area contributed by atoms with Gasteiger partial charge in [-0.25, -0.2) is 4.98 Å². The number of likely N-dealkylation sites (tertiary alicyclic amines) is 1. The van der Waals surface area contributed by atoms with Crippen molar-refractivity contribution in [3.05, 3.63) is 59.9 Å². The number of piperidine rings is 1. The molecule has 2 heterocycles. The molecule has 6 heteroatoms. The maximum atomic E-state index is 13.1. The summed E-state index contributed by atoms with van der Waals surface area (Å²) < 4.78 is 7.23. The molecule has 29 heavy (non-hydrogen) atoms. The number of amides is 1. The maximum absolute atomic E-state index is 13.1. The van der Waals surface area contributed by atoms with E-state index in [0.29, 0.717) is 25.3 Å². The molecule has 4 rings (SSSR count). The molecule has 0 N–H and O–H groups in total. The van der Waals surface area contributed by atoms with Crippen LogP contribution in [0.4, 0.5) is 0 Å². The lowest BCUT2D eigenvalue weighted by Crippen LogP contribution is -2.42. The molecule has 0 saturated carbocycles. The fourth-order valence-electron chi connectivity index (χ4n) is 4.03. The van der Waals surface area contributed by atoms with Gasteiger partial charge in [-0.3, -0.25) is 14.2 Å². The van der Waals surface area contributed by atoms with Crippen LogP contribution in [0.25, 0.3) is 16.7 Å². The number of aryl methyl sites for hydroxylation is 1. The van der Waals surface area contributed by atoms with Crippen molar-refractivity contribution >= 4 is 22.9 Å². The normalized spacial score (nSPS) is 16.8. The van der Waals surface area contributed by atoms with E-state index in [9.17, 15) is 9.59 Å². The molecule has 1 fully saturated rings. The van der Waals surface area contributed by atoms with E-state index >= 15 is 0 Å². The van der Waals surface area contributed by atoms with Gasteiger partial charge in [0.15, 0.2) is 0 Å². The molecular formula is C23H25N3O3. The van der Waals surface area contributed by atoms with Crippen LogP contribution in [0.3, 0.4) is 0 Å². The molecule has 1 saturated heterocycles. The highest BCUT2D eigenvalue weighted by Gasteiger charge is 2.30. The average Bonchev–Trinajstić information content (AvgIpc) is 3.09. The van der Waals surface area contributed by atoms with Crippen molar-refractivity contribution in [2.24, 2.45) is 5.92 Å². The first-order valence-electron chi connectivity index (χ1n) is 10.1. The number of para-hydroxylation sites is 1. The second kappa shape index (κ2) is 8.07. The molecule has 0 unspecified atom stereocenters. The van der Waals surface area contributed by atoms with E-state index in [1.165, 1.54) is 0 Å². The second-order valence-electron chi connectivity index (χ2n) is 7.38. The van der Waals surface area contributed by atoms with Crippen LogP contribution in [0.1, 0.15) is 35.9 Å². The third-order valence-electron chi connectivity index (χ3n) is 5.41. The number of benzene rings is 2. The van der Waals surface area contributed by atoms with E-state index in [0.717, 1.165) is 35.4 Å². The predicted molar refractivity (Wildman–Crippen MR) is 111 cm³/mol. The number of imidazole rings is 1. The fraction of sp³-hybridized carbons (Fsp3) is 0.348. The lowest BCUT2D eigenvalue weighted by Gasteiger charge is -2.31. The average molecular weight is 391 g/mol. The van der Waals surface area contributed by atoms with Crippen molar-refractivity contribution in [2.75, 3.05) is 19.7 Å². The molecule has 2 aromatic carbocycles. The summed E-state index contributed by atoms with van der Waals surface area (Å²) >= 11 is 0. The number of ether oxygens (including phenoxy) is 1. The van der Waals surface area contributed by atoms with Crippen molar-refractivity contribution in [3.8, 4) is 5.69 Å². The second-order valence-corrected chi connectivity index (χ2v) is 7.38. The standard InChI is InChI=1S/C23H25N3O3/c1-3-29-23(28)18-8-7-13-25(15-18)22(27)17-11-12-21-20(14-17)24-16(2)26(21)19-9-5-4-6-10-19/h4-6,9-12,14,18H,3,7-8,13,15H2,1-2H3/t18-/m0/s1. The van der Waals surface area contributed by atoms with Gasteiger partial charge in [-0.05, 0) is 57.0 Å². The van der Waals surface area contributed by atoms with Crippen LogP contribution < -0.4 is 0 Å². The molecule has 0 bridgehead atoms. The SMILES string of the molecule is CCOC(=O)[C@H]1CCCN(C(=O)c2ccc3c(c2)nc(C)n3-c2ccccc2)C1. The number of rotatable bonds is 4. The molecule has 6 nitrogen and oxygen atoms in total. The molecular weight excluding hydrogens is 366 g/mol.